The molecular formula is C20H24FIN6O. The zero-order chi connectivity index (χ0) is 19.8. The highest BCUT2D eigenvalue weighted by atomic mass is 127. The van der Waals surface area contributed by atoms with Gasteiger partial charge in [-0.05, 0) is 55.0 Å². The molecule has 3 aromatic rings. The van der Waals surface area contributed by atoms with Gasteiger partial charge in [-0.25, -0.2) is 14.1 Å². The van der Waals surface area contributed by atoms with Crippen LogP contribution in [0.1, 0.15) is 12.5 Å². The fourth-order valence-electron chi connectivity index (χ4n) is 2.53. The molecule has 0 radical (unpaired) electrons. The Balaban J connectivity index is 0.00000300. The first kappa shape index (κ1) is 22.6. The van der Waals surface area contributed by atoms with E-state index in [-0.39, 0.29) is 35.9 Å². The number of aromatic nitrogens is 3. The van der Waals surface area contributed by atoms with Crippen LogP contribution in [0.3, 0.4) is 0 Å². The van der Waals surface area contributed by atoms with Crippen molar-refractivity contribution in [3.63, 3.8) is 0 Å². The van der Waals surface area contributed by atoms with Crippen LogP contribution >= 0.6 is 24.0 Å². The average Bonchev–Trinajstić information content (AvgIpc) is 3.25. The number of aliphatic imine (C=N–C) groups is 1. The van der Waals surface area contributed by atoms with Crippen LogP contribution in [0.2, 0.25) is 0 Å². The molecule has 2 N–H and O–H groups in total. The molecule has 0 amide bonds. The van der Waals surface area contributed by atoms with Gasteiger partial charge in [-0.3, -0.25) is 4.99 Å². The van der Waals surface area contributed by atoms with Crippen LogP contribution < -0.4 is 15.4 Å². The highest BCUT2D eigenvalue weighted by molar-refractivity contribution is 14.0. The second-order valence-electron chi connectivity index (χ2n) is 6.16. The first-order chi connectivity index (χ1) is 13.6. The predicted octanol–water partition coefficient (Wildman–Crippen LogP) is 3.16. The van der Waals surface area contributed by atoms with Gasteiger partial charge >= 0.3 is 0 Å². The molecule has 0 spiro atoms. The summed E-state index contributed by atoms with van der Waals surface area (Å²) in [7, 11) is 1.71. The molecule has 0 fully saturated rings. The van der Waals surface area contributed by atoms with E-state index in [1.165, 1.54) is 12.1 Å². The summed E-state index contributed by atoms with van der Waals surface area (Å²) in [6.45, 7) is 3.07. The minimum atomic E-state index is -0.283. The van der Waals surface area contributed by atoms with Crippen molar-refractivity contribution in [2.45, 2.75) is 19.6 Å². The third-order valence-corrected chi connectivity index (χ3v) is 3.94. The maximum Gasteiger partial charge on any atom is 0.191 e. The standard InChI is InChI=1S/C20H23FN6O.HI/c1-15(28-18-6-4-17(21)5-7-18)13-24-20(22-2)25-14-16-8-10-23-19(12-16)27-11-3-9-26-27;/h3-12,15H,13-14H2,1-2H3,(H2,22,24,25);1H. The number of nitrogens with one attached hydrogen (secondary N) is 2. The van der Waals surface area contributed by atoms with Gasteiger partial charge in [0.2, 0.25) is 0 Å². The second kappa shape index (κ2) is 11.3. The number of guanidine groups is 1. The van der Waals surface area contributed by atoms with E-state index in [0.717, 1.165) is 11.4 Å². The third-order valence-electron chi connectivity index (χ3n) is 3.94. The van der Waals surface area contributed by atoms with Gasteiger partial charge in [0, 0.05) is 32.2 Å². The minimum absolute atomic E-state index is 0. The second-order valence-corrected chi connectivity index (χ2v) is 6.16. The summed E-state index contributed by atoms with van der Waals surface area (Å²) < 4.78 is 20.4. The first-order valence-electron chi connectivity index (χ1n) is 8.96. The molecule has 7 nitrogen and oxygen atoms in total. The lowest BCUT2D eigenvalue weighted by Crippen LogP contribution is -2.41. The van der Waals surface area contributed by atoms with Gasteiger partial charge in [0.25, 0.3) is 0 Å². The van der Waals surface area contributed by atoms with E-state index in [1.54, 1.807) is 36.3 Å². The van der Waals surface area contributed by atoms with Crippen LogP contribution in [0.25, 0.3) is 5.82 Å². The number of hydrogen-bond donors (Lipinski definition) is 2. The number of rotatable bonds is 7. The molecule has 0 bridgehead atoms. The molecule has 154 valence electrons. The Bertz CT molecular complexity index is 902. The molecule has 2 heterocycles. The maximum atomic E-state index is 13.0. The smallest absolute Gasteiger partial charge is 0.191 e. The van der Waals surface area contributed by atoms with E-state index in [4.69, 9.17) is 4.74 Å². The number of pyridine rings is 1. The molecule has 0 aliphatic carbocycles. The number of halogens is 2. The number of ether oxygens (including phenoxy) is 1. The highest BCUT2D eigenvalue weighted by Crippen LogP contribution is 2.12. The van der Waals surface area contributed by atoms with Crippen LogP contribution in [0.4, 0.5) is 4.39 Å². The molecule has 3 rings (SSSR count). The van der Waals surface area contributed by atoms with E-state index in [9.17, 15) is 4.39 Å². The Kier molecular flexibility index (Phi) is 8.84. The van der Waals surface area contributed by atoms with E-state index >= 15 is 0 Å². The van der Waals surface area contributed by atoms with Crippen molar-refractivity contribution in [2.75, 3.05) is 13.6 Å². The van der Waals surface area contributed by atoms with E-state index in [2.05, 4.69) is 25.7 Å². The largest absolute Gasteiger partial charge is 0.489 e. The molecule has 9 heteroatoms. The lowest BCUT2D eigenvalue weighted by Gasteiger charge is -2.18. The van der Waals surface area contributed by atoms with Crippen molar-refractivity contribution in [2.24, 2.45) is 4.99 Å². The lowest BCUT2D eigenvalue weighted by molar-refractivity contribution is 0.223. The third kappa shape index (κ3) is 7.00. The normalized spacial score (nSPS) is 12.0. The molecule has 1 aromatic carbocycles. The topological polar surface area (TPSA) is 76.4 Å². The number of hydrogen-bond acceptors (Lipinski definition) is 4. The van der Waals surface area contributed by atoms with Crippen molar-refractivity contribution >= 4 is 29.9 Å². The van der Waals surface area contributed by atoms with Gasteiger partial charge in [-0.1, -0.05) is 0 Å². The van der Waals surface area contributed by atoms with Gasteiger partial charge in [-0.15, -0.1) is 24.0 Å². The summed E-state index contributed by atoms with van der Waals surface area (Å²) in [5.41, 5.74) is 1.05. The van der Waals surface area contributed by atoms with Crippen molar-refractivity contribution in [3.05, 3.63) is 72.4 Å². The van der Waals surface area contributed by atoms with Crippen molar-refractivity contribution in [3.8, 4) is 11.6 Å². The fourth-order valence-corrected chi connectivity index (χ4v) is 2.53. The van der Waals surface area contributed by atoms with Gasteiger partial charge in [-0.2, -0.15) is 5.10 Å². The predicted molar refractivity (Wildman–Crippen MR) is 121 cm³/mol. The summed E-state index contributed by atoms with van der Waals surface area (Å²) in [4.78, 5) is 8.54. The summed E-state index contributed by atoms with van der Waals surface area (Å²) in [5.74, 6) is 1.76. The summed E-state index contributed by atoms with van der Waals surface area (Å²) in [6, 6.07) is 11.7. The molecule has 0 saturated carbocycles. The van der Waals surface area contributed by atoms with Crippen molar-refractivity contribution in [1.29, 1.82) is 0 Å². The highest BCUT2D eigenvalue weighted by Gasteiger charge is 2.07. The Hall–Kier alpha value is -2.69. The Morgan fingerprint density at radius 3 is 2.69 bits per heavy atom. The SMILES string of the molecule is CN=C(NCc1ccnc(-n2cccn2)c1)NCC(C)Oc1ccc(F)cc1.I. The zero-order valence-corrected chi connectivity index (χ0v) is 18.6. The van der Waals surface area contributed by atoms with Crippen LogP contribution in [-0.2, 0) is 6.54 Å². The minimum Gasteiger partial charge on any atom is -0.489 e. The molecule has 0 aliphatic rings. The lowest BCUT2D eigenvalue weighted by atomic mass is 10.2. The zero-order valence-electron chi connectivity index (χ0n) is 16.2. The van der Waals surface area contributed by atoms with Crippen LogP contribution in [-0.4, -0.2) is 40.4 Å². The van der Waals surface area contributed by atoms with Gasteiger partial charge < -0.3 is 15.4 Å². The molecule has 1 unspecified atom stereocenters. The first-order valence-corrected chi connectivity index (χ1v) is 8.96. The van der Waals surface area contributed by atoms with Crippen LogP contribution in [0, 0.1) is 5.82 Å². The van der Waals surface area contributed by atoms with Gasteiger partial charge in [0.05, 0.1) is 6.54 Å². The van der Waals surface area contributed by atoms with Crippen LogP contribution in [0.5, 0.6) is 5.75 Å². The van der Waals surface area contributed by atoms with Crippen molar-refractivity contribution < 1.29 is 9.13 Å². The van der Waals surface area contributed by atoms with Gasteiger partial charge in [0.1, 0.15) is 17.7 Å². The molecule has 29 heavy (non-hydrogen) atoms. The molecule has 0 saturated heterocycles. The number of benzene rings is 1. The fraction of sp³-hybridized carbons (Fsp3) is 0.250. The molecule has 1 atom stereocenters. The Morgan fingerprint density at radius 1 is 1.21 bits per heavy atom. The monoisotopic (exact) mass is 510 g/mol. The quantitative estimate of drug-likeness (QED) is 0.290. The number of nitrogens with zero attached hydrogens (tertiary/aromatic N) is 4. The summed E-state index contributed by atoms with van der Waals surface area (Å²) in [6.07, 6.45) is 5.20. The average molecular weight is 510 g/mol. The Morgan fingerprint density at radius 2 is 2.00 bits per heavy atom. The van der Waals surface area contributed by atoms with E-state index in [0.29, 0.717) is 24.8 Å². The maximum absolute atomic E-state index is 13.0. The van der Waals surface area contributed by atoms with Crippen molar-refractivity contribution in [1.82, 2.24) is 25.4 Å². The molecule has 2 aromatic heterocycles. The summed E-state index contributed by atoms with van der Waals surface area (Å²) >= 11 is 0. The Labute approximate surface area is 186 Å². The van der Waals surface area contributed by atoms with E-state index in [1.807, 2.05) is 31.3 Å². The summed E-state index contributed by atoms with van der Waals surface area (Å²) in [5, 5.41) is 10.7. The molecule has 0 aliphatic heterocycles. The molecular weight excluding hydrogens is 486 g/mol. The van der Waals surface area contributed by atoms with E-state index < -0.39 is 0 Å². The van der Waals surface area contributed by atoms with Crippen LogP contribution in [0.15, 0.2) is 66.0 Å². The van der Waals surface area contributed by atoms with Gasteiger partial charge in [0.15, 0.2) is 11.8 Å².